The molecule has 0 aliphatic rings. The van der Waals surface area contributed by atoms with Gasteiger partial charge in [-0.05, 0) is 77.8 Å². The highest BCUT2D eigenvalue weighted by molar-refractivity contribution is 6.07. The molecule has 158 valence electrons. The fourth-order valence-corrected chi connectivity index (χ4v) is 3.25. The third-order valence-corrected chi connectivity index (χ3v) is 4.52. The second-order valence-electron chi connectivity index (χ2n) is 7.16. The van der Waals surface area contributed by atoms with Crippen molar-refractivity contribution in [2.24, 2.45) is 0 Å². The number of benzene rings is 2. The number of anilines is 1. The molecule has 0 saturated heterocycles. The van der Waals surface area contributed by atoms with Crippen LogP contribution >= 0.6 is 0 Å². The van der Waals surface area contributed by atoms with Crippen LogP contribution in [-0.4, -0.2) is 31.8 Å². The maximum atomic E-state index is 13.6. The van der Waals surface area contributed by atoms with Gasteiger partial charge in [0.15, 0.2) is 11.5 Å². The Morgan fingerprint density at radius 1 is 0.897 bits per heavy atom. The van der Waals surface area contributed by atoms with Gasteiger partial charge >= 0.3 is 0 Å². The zero-order valence-corrected chi connectivity index (χ0v) is 18.7. The predicted molar refractivity (Wildman–Crippen MR) is 118 cm³/mol. The highest BCUT2D eigenvalue weighted by atomic mass is 16.5. The minimum absolute atomic E-state index is 0.0133. The summed E-state index contributed by atoms with van der Waals surface area (Å²) in [5, 5.41) is 0. The van der Waals surface area contributed by atoms with Crippen LogP contribution in [0.3, 0.4) is 0 Å². The number of hydrogen-bond donors (Lipinski definition) is 0. The first kappa shape index (κ1) is 22.6. The second kappa shape index (κ2) is 10.2. The monoisotopic (exact) mass is 399 g/mol. The highest BCUT2D eigenvalue weighted by Crippen LogP contribution is 2.40. The summed E-state index contributed by atoms with van der Waals surface area (Å²) in [6.07, 6.45) is 0. The Kier molecular flexibility index (Phi) is 7.94. The topological polar surface area (TPSA) is 48.0 Å². The van der Waals surface area contributed by atoms with Crippen molar-refractivity contribution < 1.29 is 19.0 Å². The summed E-state index contributed by atoms with van der Waals surface area (Å²) in [5.74, 6) is 1.48. The maximum absolute atomic E-state index is 13.6. The number of carbonyl (C=O) groups excluding carboxylic acids is 1. The molecular formula is C24H33NO4. The second-order valence-corrected chi connectivity index (χ2v) is 7.16. The van der Waals surface area contributed by atoms with Crippen LogP contribution in [0.5, 0.6) is 17.2 Å². The first-order valence-corrected chi connectivity index (χ1v) is 10.3. The van der Waals surface area contributed by atoms with E-state index in [1.165, 1.54) is 0 Å². The number of hydrogen-bond acceptors (Lipinski definition) is 4. The first-order valence-electron chi connectivity index (χ1n) is 10.3. The van der Waals surface area contributed by atoms with Gasteiger partial charge in [0.2, 0.25) is 5.75 Å². The molecule has 0 aliphatic heterocycles. The summed E-state index contributed by atoms with van der Waals surface area (Å²) >= 11 is 0. The van der Waals surface area contributed by atoms with Gasteiger partial charge in [-0.15, -0.1) is 0 Å². The van der Waals surface area contributed by atoms with Gasteiger partial charge in [0, 0.05) is 17.3 Å². The molecule has 0 fully saturated rings. The standard InChI is InChI=1S/C24H33NO4/c1-8-27-21-14-19(15-22(28-9-2)23(21)29-10-3)24(26)25(16(4)5)20-13-17(6)11-12-18(20)7/h11-16H,8-10H2,1-7H3. The Labute approximate surface area is 174 Å². The van der Waals surface area contributed by atoms with Crippen LogP contribution in [0.15, 0.2) is 30.3 Å². The van der Waals surface area contributed by atoms with Crippen LogP contribution in [0.4, 0.5) is 5.69 Å². The van der Waals surface area contributed by atoms with E-state index in [4.69, 9.17) is 14.2 Å². The van der Waals surface area contributed by atoms with Crippen molar-refractivity contribution in [3.63, 3.8) is 0 Å². The first-order chi connectivity index (χ1) is 13.8. The molecule has 5 heteroatoms. The lowest BCUT2D eigenvalue weighted by Gasteiger charge is -2.29. The minimum atomic E-state index is -0.0985. The summed E-state index contributed by atoms with van der Waals surface area (Å²) in [5.41, 5.74) is 3.59. The van der Waals surface area contributed by atoms with Gasteiger partial charge in [0.25, 0.3) is 5.91 Å². The number of nitrogens with zero attached hydrogens (tertiary/aromatic N) is 1. The highest BCUT2D eigenvalue weighted by Gasteiger charge is 2.25. The molecule has 0 atom stereocenters. The Balaban J connectivity index is 2.60. The summed E-state index contributed by atoms with van der Waals surface area (Å²) in [7, 11) is 0. The molecule has 0 bridgehead atoms. The van der Waals surface area contributed by atoms with E-state index in [1.807, 2.05) is 59.4 Å². The van der Waals surface area contributed by atoms with Gasteiger partial charge in [-0.2, -0.15) is 0 Å². The summed E-state index contributed by atoms with van der Waals surface area (Å²) < 4.78 is 17.3. The third kappa shape index (κ3) is 5.22. The maximum Gasteiger partial charge on any atom is 0.258 e. The van der Waals surface area contributed by atoms with E-state index in [0.717, 1.165) is 16.8 Å². The molecule has 0 N–H and O–H groups in total. The molecule has 0 aliphatic carbocycles. The molecule has 29 heavy (non-hydrogen) atoms. The van der Waals surface area contributed by atoms with Crippen LogP contribution in [0.2, 0.25) is 0 Å². The smallest absolute Gasteiger partial charge is 0.258 e. The molecule has 0 aromatic heterocycles. The average Bonchev–Trinajstić information content (AvgIpc) is 2.67. The van der Waals surface area contributed by atoms with E-state index < -0.39 is 0 Å². The lowest BCUT2D eigenvalue weighted by atomic mass is 10.1. The Bertz CT molecular complexity index is 818. The fraction of sp³-hybridized carbons (Fsp3) is 0.458. The molecule has 2 aromatic rings. The molecule has 0 spiro atoms. The van der Waals surface area contributed by atoms with E-state index >= 15 is 0 Å². The summed E-state index contributed by atoms with van der Waals surface area (Å²) in [6, 6.07) is 9.64. The number of amides is 1. The largest absolute Gasteiger partial charge is 0.490 e. The Hall–Kier alpha value is -2.69. The minimum Gasteiger partial charge on any atom is -0.490 e. The van der Waals surface area contributed by atoms with Gasteiger partial charge in [-0.1, -0.05) is 12.1 Å². The van der Waals surface area contributed by atoms with E-state index in [9.17, 15) is 4.79 Å². The number of rotatable bonds is 9. The Morgan fingerprint density at radius 2 is 1.45 bits per heavy atom. The normalized spacial score (nSPS) is 10.8. The fourth-order valence-electron chi connectivity index (χ4n) is 3.25. The third-order valence-electron chi connectivity index (χ3n) is 4.52. The van der Waals surface area contributed by atoms with Crippen LogP contribution in [0.25, 0.3) is 0 Å². The number of carbonyl (C=O) groups is 1. The molecule has 0 unspecified atom stereocenters. The number of aryl methyl sites for hydroxylation is 2. The van der Waals surface area contributed by atoms with Crippen molar-refractivity contribution >= 4 is 11.6 Å². The van der Waals surface area contributed by atoms with Crippen molar-refractivity contribution in [3.8, 4) is 17.2 Å². The molecule has 1 amide bonds. The molecule has 0 radical (unpaired) electrons. The zero-order valence-electron chi connectivity index (χ0n) is 18.7. The van der Waals surface area contributed by atoms with Gasteiger partial charge in [-0.25, -0.2) is 0 Å². The van der Waals surface area contributed by atoms with Crippen molar-refractivity contribution in [1.29, 1.82) is 0 Å². The predicted octanol–water partition coefficient (Wildman–Crippen LogP) is 5.55. The lowest BCUT2D eigenvalue weighted by Crippen LogP contribution is -2.37. The van der Waals surface area contributed by atoms with Gasteiger partial charge in [0.1, 0.15) is 0 Å². The van der Waals surface area contributed by atoms with Gasteiger partial charge < -0.3 is 19.1 Å². The SMILES string of the molecule is CCOc1cc(C(=O)N(c2cc(C)ccc2C)C(C)C)cc(OCC)c1OCC. The van der Waals surface area contributed by atoms with E-state index in [1.54, 1.807) is 12.1 Å². The molecule has 0 saturated carbocycles. The van der Waals surface area contributed by atoms with Crippen molar-refractivity contribution in [3.05, 3.63) is 47.0 Å². The Morgan fingerprint density at radius 3 is 1.93 bits per heavy atom. The van der Waals surface area contributed by atoms with E-state index in [0.29, 0.717) is 42.6 Å². The summed E-state index contributed by atoms with van der Waals surface area (Å²) in [4.78, 5) is 15.4. The van der Waals surface area contributed by atoms with E-state index in [2.05, 4.69) is 12.1 Å². The van der Waals surface area contributed by atoms with E-state index in [-0.39, 0.29) is 11.9 Å². The van der Waals surface area contributed by atoms with Crippen molar-refractivity contribution in [1.82, 2.24) is 0 Å². The molecular weight excluding hydrogens is 366 g/mol. The van der Waals surface area contributed by atoms with Crippen LogP contribution in [-0.2, 0) is 0 Å². The molecule has 2 aromatic carbocycles. The van der Waals surface area contributed by atoms with Gasteiger partial charge in [-0.3, -0.25) is 4.79 Å². The molecule has 0 heterocycles. The zero-order chi connectivity index (χ0) is 21.6. The molecule has 2 rings (SSSR count). The van der Waals surface area contributed by atoms with Crippen molar-refractivity contribution in [2.75, 3.05) is 24.7 Å². The van der Waals surface area contributed by atoms with Gasteiger partial charge in [0.05, 0.1) is 19.8 Å². The van der Waals surface area contributed by atoms with Crippen LogP contribution < -0.4 is 19.1 Å². The molecule has 5 nitrogen and oxygen atoms in total. The summed E-state index contributed by atoms with van der Waals surface area (Å²) in [6.45, 7) is 15.2. The quantitative estimate of drug-likeness (QED) is 0.554. The van der Waals surface area contributed by atoms with Crippen LogP contribution in [0, 0.1) is 13.8 Å². The van der Waals surface area contributed by atoms with Crippen LogP contribution in [0.1, 0.15) is 56.1 Å². The van der Waals surface area contributed by atoms with Crippen molar-refractivity contribution in [2.45, 2.75) is 54.5 Å². The average molecular weight is 400 g/mol. The lowest BCUT2D eigenvalue weighted by molar-refractivity contribution is 0.0979. The number of ether oxygens (including phenoxy) is 3.